The minimum atomic E-state index is 0.858. The lowest BCUT2D eigenvalue weighted by Gasteiger charge is -2.22. The molecule has 0 spiro atoms. The van der Waals surface area contributed by atoms with Crippen molar-refractivity contribution >= 4 is 0 Å². The van der Waals surface area contributed by atoms with Gasteiger partial charge < -0.3 is 5.32 Å². The number of hydrogen-bond donors (Lipinski definition) is 1. The number of nitrogens with one attached hydrogen (secondary N) is 1. The average molecular weight is 232 g/mol. The number of rotatable bonds is 8. The fraction of sp³-hybridized carbons (Fsp3) is 0.600. The number of hydrogen-bond acceptors (Lipinski definition) is 2. The SMILES string of the molecule is CCNCCCN(Cc1ccccc1)C1CC1. The Balaban J connectivity index is 1.77. The van der Waals surface area contributed by atoms with Gasteiger partial charge >= 0.3 is 0 Å². The Kier molecular flexibility index (Phi) is 5.02. The Morgan fingerprint density at radius 2 is 2.00 bits per heavy atom. The van der Waals surface area contributed by atoms with Crippen LogP contribution in [-0.4, -0.2) is 30.6 Å². The van der Waals surface area contributed by atoms with Gasteiger partial charge in [0.15, 0.2) is 0 Å². The summed E-state index contributed by atoms with van der Waals surface area (Å²) in [6.07, 6.45) is 4.05. The Bertz CT molecular complexity index is 306. The molecule has 0 heterocycles. The molecule has 2 rings (SSSR count). The second kappa shape index (κ2) is 6.77. The molecular formula is C15H24N2. The first-order valence-corrected chi connectivity index (χ1v) is 6.89. The van der Waals surface area contributed by atoms with Crippen LogP contribution in [-0.2, 0) is 6.54 Å². The zero-order valence-corrected chi connectivity index (χ0v) is 10.9. The van der Waals surface area contributed by atoms with Gasteiger partial charge in [-0.2, -0.15) is 0 Å². The van der Waals surface area contributed by atoms with Gasteiger partial charge in [0.2, 0.25) is 0 Å². The molecule has 2 heteroatoms. The smallest absolute Gasteiger partial charge is 0.0236 e. The molecule has 94 valence electrons. The van der Waals surface area contributed by atoms with Crippen LogP contribution in [0.3, 0.4) is 0 Å². The van der Waals surface area contributed by atoms with E-state index in [4.69, 9.17) is 0 Å². The second-order valence-corrected chi connectivity index (χ2v) is 4.89. The van der Waals surface area contributed by atoms with Crippen LogP contribution in [0.2, 0.25) is 0 Å². The van der Waals surface area contributed by atoms with Crippen molar-refractivity contribution in [3.8, 4) is 0 Å². The molecule has 2 nitrogen and oxygen atoms in total. The highest BCUT2D eigenvalue weighted by Gasteiger charge is 2.28. The van der Waals surface area contributed by atoms with E-state index in [0.717, 1.165) is 25.7 Å². The lowest BCUT2D eigenvalue weighted by atomic mass is 10.2. The number of benzene rings is 1. The predicted octanol–water partition coefficient (Wildman–Crippen LogP) is 2.65. The van der Waals surface area contributed by atoms with E-state index in [1.54, 1.807) is 0 Å². The highest BCUT2D eigenvalue weighted by atomic mass is 15.2. The van der Waals surface area contributed by atoms with Crippen LogP contribution in [0.15, 0.2) is 30.3 Å². The third kappa shape index (κ3) is 4.49. The summed E-state index contributed by atoms with van der Waals surface area (Å²) in [5.41, 5.74) is 1.45. The van der Waals surface area contributed by atoms with Gasteiger partial charge in [-0.1, -0.05) is 37.3 Å². The molecule has 17 heavy (non-hydrogen) atoms. The molecule has 1 aromatic carbocycles. The van der Waals surface area contributed by atoms with Crippen LogP contribution in [0.4, 0.5) is 0 Å². The summed E-state index contributed by atoms with van der Waals surface area (Å²) in [5, 5.41) is 3.40. The molecular weight excluding hydrogens is 208 g/mol. The Hall–Kier alpha value is -0.860. The fourth-order valence-corrected chi connectivity index (χ4v) is 2.23. The van der Waals surface area contributed by atoms with Crippen LogP contribution < -0.4 is 5.32 Å². The van der Waals surface area contributed by atoms with Crippen LogP contribution >= 0.6 is 0 Å². The summed E-state index contributed by atoms with van der Waals surface area (Å²) >= 11 is 0. The van der Waals surface area contributed by atoms with Crippen molar-refractivity contribution in [1.29, 1.82) is 0 Å². The second-order valence-electron chi connectivity index (χ2n) is 4.89. The van der Waals surface area contributed by atoms with E-state index in [2.05, 4.69) is 47.5 Å². The summed E-state index contributed by atoms with van der Waals surface area (Å²) in [5.74, 6) is 0. The Morgan fingerprint density at radius 3 is 2.65 bits per heavy atom. The van der Waals surface area contributed by atoms with E-state index in [9.17, 15) is 0 Å². The van der Waals surface area contributed by atoms with Gasteiger partial charge in [0, 0.05) is 12.6 Å². The summed E-state index contributed by atoms with van der Waals surface area (Å²) in [6.45, 7) is 6.75. The predicted molar refractivity (Wildman–Crippen MR) is 73.0 cm³/mol. The lowest BCUT2D eigenvalue weighted by molar-refractivity contribution is 0.250. The van der Waals surface area contributed by atoms with Gasteiger partial charge in [0.05, 0.1) is 0 Å². The molecule has 0 radical (unpaired) electrons. The third-order valence-corrected chi connectivity index (χ3v) is 3.34. The summed E-state index contributed by atoms with van der Waals surface area (Å²) in [4.78, 5) is 2.65. The molecule has 0 saturated heterocycles. The highest BCUT2D eigenvalue weighted by Crippen LogP contribution is 2.28. The van der Waals surface area contributed by atoms with Crippen molar-refractivity contribution < 1.29 is 0 Å². The topological polar surface area (TPSA) is 15.3 Å². The molecule has 1 fully saturated rings. The van der Waals surface area contributed by atoms with Crippen molar-refractivity contribution in [2.45, 2.75) is 38.8 Å². The molecule has 1 saturated carbocycles. The molecule has 1 aliphatic carbocycles. The van der Waals surface area contributed by atoms with Gasteiger partial charge in [-0.05, 0) is 44.5 Å². The maximum absolute atomic E-state index is 3.40. The molecule has 1 aliphatic rings. The van der Waals surface area contributed by atoms with Crippen molar-refractivity contribution in [3.05, 3.63) is 35.9 Å². The van der Waals surface area contributed by atoms with Crippen LogP contribution in [0, 0.1) is 0 Å². The molecule has 0 aliphatic heterocycles. The molecule has 1 N–H and O–H groups in total. The molecule has 0 bridgehead atoms. The maximum Gasteiger partial charge on any atom is 0.0236 e. The van der Waals surface area contributed by atoms with E-state index in [1.807, 2.05) is 0 Å². The van der Waals surface area contributed by atoms with Crippen LogP contribution in [0.25, 0.3) is 0 Å². The summed E-state index contributed by atoms with van der Waals surface area (Å²) in [6, 6.07) is 11.7. The fourth-order valence-electron chi connectivity index (χ4n) is 2.23. The van der Waals surface area contributed by atoms with E-state index >= 15 is 0 Å². The number of nitrogens with zero attached hydrogens (tertiary/aromatic N) is 1. The minimum absolute atomic E-state index is 0.858. The molecule has 0 unspecified atom stereocenters. The minimum Gasteiger partial charge on any atom is -0.317 e. The third-order valence-electron chi connectivity index (χ3n) is 3.34. The van der Waals surface area contributed by atoms with Gasteiger partial charge in [0.25, 0.3) is 0 Å². The molecule has 0 aromatic heterocycles. The van der Waals surface area contributed by atoms with Crippen molar-refractivity contribution in [2.75, 3.05) is 19.6 Å². The molecule has 0 amide bonds. The van der Waals surface area contributed by atoms with E-state index < -0.39 is 0 Å². The first-order chi connectivity index (χ1) is 8.40. The van der Waals surface area contributed by atoms with Gasteiger partial charge in [-0.15, -0.1) is 0 Å². The zero-order chi connectivity index (χ0) is 11.9. The first-order valence-electron chi connectivity index (χ1n) is 6.89. The lowest BCUT2D eigenvalue weighted by Crippen LogP contribution is -2.29. The monoisotopic (exact) mass is 232 g/mol. The van der Waals surface area contributed by atoms with Crippen molar-refractivity contribution in [3.63, 3.8) is 0 Å². The zero-order valence-electron chi connectivity index (χ0n) is 10.9. The van der Waals surface area contributed by atoms with Crippen LogP contribution in [0.5, 0.6) is 0 Å². The Morgan fingerprint density at radius 1 is 1.24 bits per heavy atom. The molecule has 1 aromatic rings. The first kappa shape index (κ1) is 12.6. The van der Waals surface area contributed by atoms with E-state index in [0.29, 0.717) is 0 Å². The average Bonchev–Trinajstić information content (AvgIpc) is 3.19. The summed E-state index contributed by atoms with van der Waals surface area (Å²) < 4.78 is 0. The maximum atomic E-state index is 3.40. The summed E-state index contributed by atoms with van der Waals surface area (Å²) in [7, 11) is 0. The van der Waals surface area contributed by atoms with E-state index in [-0.39, 0.29) is 0 Å². The standard InChI is InChI=1S/C15H24N2/c1-2-16-11-6-12-17(15-9-10-15)13-14-7-4-3-5-8-14/h3-5,7-8,15-16H,2,6,9-13H2,1H3. The Labute approximate surface area is 105 Å². The van der Waals surface area contributed by atoms with Crippen molar-refractivity contribution in [2.24, 2.45) is 0 Å². The van der Waals surface area contributed by atoms with Crippen LogP contribution in [0.1, 0.15) is 31.7 Å². The normalized spacial score (nSPS) is 15.4. The van der Waals surface area contributed by atoms with Gasteiger partial charge in [-0.3, -0.25) is 4.90 Å². The largest absolute Gasteiger partial charge is 0.317 e. The van der Waals surface area contributed by atoms with Gasteiger partial charge in [0.1, 0.15) is 0 Å². The quantitative estimate of drug-likeness (QED) is 0.693. The highest BCUT2D eigenvalue weighted by molar-refractivity contribution is 5.14. The van der Waals surface area contributed by atoms with E-state index in [1.165, 1.54) is 31.4 Å². The molecule has 0 atom stereocenters. The van der Waals surface area contributed by atoms with Crippen molar-refractivity contribution in [1.82, 2.24) is 10.2 Å². The van der Waals surface area contributed by atoms with Gasteiger partial charge in [-0.25, -0.2) is 0 Å².